The molecule has 0 saturated heterocycles. The largest absolute Gasteiger partial charge is 0.360 e. The number of nitrogens with one attached hydrogen (secondary N) is 3. The number of hydrogen-bond donors (Lipinski definition) is 3. The molecule has 2 aromatic rings. The minimum atomic E-state index is -3.92. The van der Waals surface area contributed by atoms with Gasteiger partial charge in [0.25, 0.3) is 10.0 Å². The minimum Gasteiger partial charge on any atom is -0.360 e. The predicted molar refractivity (Wildman–Crippen MR) is 110 cm³/mol. The smallest absolute Gasteiger partial charge is 0.262 e. The second-order valence-electron chi connectivity index (χ2n) is 6.55. The number of rotatable bonds is 5. The third-order valence-electron chi connectivity index (χ3n) is 4.46. The summed E-state index contributed by atoms with van der Waals surface area (Å²) in [5.41, 5.74) is 0.463. The first-order valence-corrected chi connectivity index (χ1v) is 10.8. The maximum atomic E-state index is 13.7. The van der Waals surface area contributed by atoms with Crippen molar-refractivity contribution in [2.45, 2.75) is 43.0 Å². The number of thiocarbonyl (C=S) groups is 1. The van der Waals surface area contributed by atoms with E-state index in [2.05, 4.69) is 15.4 Å². The second kappa shape index (κ2) is 8.67. The van der Waals surface area contributed by atoms with Gasteiger partial charge in [-0.3, -0.25) is 4.72 Å². The fourth-order valence-corrected chi connectivity index (χ4v) is 4.49. The van der Waals surface area contributed by atoms with Crippen molar-refractivity contribution in [3.8, 4) is 0 Å². The Bertz CT molecular complexity index is 913. The summed E-state index contributed by atoms with van der Waals surface area (Å²) in [7, 11) is -3.92. The van der Waals surface area contributed by atoms with Crippen molar-refractivity contribution in [3.05, 3.63) is 54.3 Å². The molecule has 5 nitrogen and oxygen atoms in total. The number of para-hydroxylation sites is 1. The van der Waals surface area contributed by atoms with Crippen molar-refractivity contribution in [2.75, 3.05) is 10.0 Å². The molecule has 3 rings (SSSR count). The average molecular weight is 408 g/mol. The standard InChI is InChI=1S/C19H22FN3O2S2/c20-17-11-4-5-12-18(17)23-27(24,25)16-10-6-9-15(13-16)22-19(26)21-14-7-2-1-3-8-14/h4-6,9-14,23H,1-3,7-8H2,(H2,21,22,26). The van der Waals surface area contributed by atoms with Crippen LogP contribution in [0.2, 0.25) is 0 Å². The van der Waals surface area contributed by atoms with Gasteiger partial charge in [0.15, 0.2) is 5.11 Å². The molecule has 0 heterocycles. The topological polar surface area (TPSA) is 70.2 Å². The van der Waals surface area contributed by atoms with Crippen LogP contribution in [0.4, 0.5) is 15.8 Å². The van der Waals surface area contributed by atoms with Crippen LogP contribution in [0.25, 0.3) is 0 Å². The lowest BCUT2D eigenvalue weighted by Crippen LogP contribution is -2.38. The molecule has 3 N–H and O–H groups in total. The Balaban J connectivity index is 1.69. The van der Waals surface area contributed by atoms with Crippen molar-refractivity contribution < 1.29 is 12.8 Å². The minimum absolute atomic E-state index is 0.0243. The van der Waals surface area contributed by atoms with E-state index in [1.165, 1.54) is 49.6 Å². The van der Waals surface area contributed by atoms with Crippen LogP contribution in [0.5, 0.6) is 0 Å². The first-order valence-electron chi connectivity index (χ1n) is 8.89. The zero-order chi connectivity index (χ0) is 19.3. The Morgan fingerprint density at radius 2 is 1.78 bits per heavy atom. The monoisotopic (exact) mass is 407 g/mol. The van der Waals surface area contributed by atoms with E-state index in [1.54, 1.807) is 18.2 Å². The van der Waals surface area contributed by atoms with E-state index in [4.69, 9.17) is 12.2 Å². The molecule has 8 heteroatoms. The summed E-state index contributed by atoms with van der Waals surface area (Å²) in [6.07, 6.45) is 5.81. The molecule has 2 aromatic carbocycles. The quantitative estimate of drug-likeness (QED) is 0.647. The molecule has 1 saturated carbocycles. The van der Waals surface area contributed by atoms with Gasteiger partial charge in [0.1, 0.15) is 5.82 Å². The molecule has 0 bridgehead atoms. The lowest BCUT2D eigenvalue weighted by atomic mass is 9.96. The van der Waals surface area contributed by atoms with E-state index in [0.717, 1.165) is 12.8 Å². The van der Waals surface area contributed by atoms with Crippen LogP contribution in [0.1, 0.15) is 32.1 Å². The molecule has 1 aliphatic rings. The third-order valence-corrected chi connectivity index (χ3v) is 6.04. The van der Waals surface area contributed by atoms with Crippen molar-refractivity contribution in [1.29, 1.82) is 0 Å². The maximum Gasteiger partial charge on any atom is 0.262 e. The highest BCUT2D eigenvalue weighted by molar-refractivity contribution is 7.92. The molecule has 1 fully saturated rings. The van der Waals surface area contributed by atoms with Crippen molar-refractivity contribution in [3.63, 3.8) is 0 Å². The van der Waals surface area contributed by atoms with E-state index in [0.29, 0.717) is 16.8 Å². The van der Waals surface area contributed by atoms with E-state index in [-0.39, 0.29) is 10.6 Å². The Hall–Kier alpha value is -2.19. The number of benzene rings is 2. The molecule has 0 aliphatic heterocycles. The lowest BCUT2D eigenvalue weighted by Gasteiger charge is -2.24. The van der Waals surface area contributed by atoms with Crippen LogP contribution in [-0.4, -0.2) is 19.6 Å². The average Bonchev–Trinajstić information content (AvgIpc) is 2.64. The number of sulfonamides is 1. The Morgan fingerprint density at radius 1 is 1.04 bits per heavy atom. The van der Waals surface area contributed by atoms with E-state index >= 15 is 0 Å². The SMILES string of the molecule is O=S(=O)(Nc1ccccc1F)c1cccc(NC(=S)NC2CCCCC2)c1. The van der Waals surface area contributed by atoms with Gasteiger partial charge in [-0.2, -0.15) is 0 Å². The van der Waals surface area contributed by atoms with Gasteiger partial charge in [-0.15, -0.1) is 0 Å². The summed E-state index contributed by atoms with van der Waals surface area (Å²) in [6.45, 7) is 0. The Kier molecular flexibility index (Phi) is 6.28. The summed E-state index contributed by atoms with van der Waals surface area (Å²) < 4.78 is 41.1. The van der Waals surface area contributed by atoms with Crippen LogP contribution < -0.4 is 15.4 Å². The highest BCUT2D eigenvalue weighted by atomic mass is 32.2. The van der Waals surface area contributed by atoms with Gasteiger partial charge < -0.3 is 10.6 Å². The van der Waals surface area contributed by atoms with E-state index < -0.39 is 15.8 Å². The van der Waals surface area contributed by atoms with Crippen molar-refractivity contribution in [1.82, 2.24) is 5.32 Å². The summed E-state index contributed by atoms with van der Waals surface area (Å²) >= 11 is 5.34. The molecule has 144 valence electrons. The van der Waals surface area contributed by atoms with Gasteiger partial charge >= 0.3 is 0 Å². The molecular formula is C19H22FN3O2S2. The summed E-state index contributed by atoms with van der Waals surface area (Å²) in [4.78, 5) is 0.0243. The molecule has 0 aromatic heterocycles. The number of anilines is 2. The summed E-state index contributed by atoms with van der Waals surface area (Å²) in [6, 6.07) is 12.3. The lowest BCUT2D eigenvalue weighted by molar-refractivity contribution is 0.415. The van der Waals surface area contributed by atoms with Gasteiger partial charge in [-0.1, -0.05) is 37.5 Å². The molecular weight excluding hydrogens is 385 g/mol. The van der Waals surface area contributed by atoms with Crippen LogP contribution in [-0.2, 0) is 10.0 Å². The van der Waals surface area contributed by atoms with E-state index in [9.17, 15) is 12.8 Å². The van der Waals surface area contributed by atoms with Crippen LogP contribution >= 0.6 is 12.2 Å². The highest BCUT2D eigenvalue weighted by Gasteiger charge is 2.17. The zero-order valence-corrected chi connectivity index (χ0v) is 16.4. The molecule has 0 spiro atoms. The zero-order valence-electron chi connectivity index (χ0n) is 14.7. The van der Waals surface area contributed by atoms with Crippen molar-refractivity contribution in [2.24, 2.45) is 0 Å². The molecule has 1 aliphatic carbocycles. The highest BCUT2D eigenvalue weighted by Crippen LogP contribution is 2.21. The van der Waals surface area contributed by atoms with Gasteiger partial charge in [-0.25, -0.2) is 12.8 Å². The number of hydrogen-bond acceptors (Lipinski definition) is 3. The first kappa shape index (κ1) is 19.6. The van der Waals surface area contributed by atoms with Crippen LogP contribution in [0, 0.1) is 5.82 Å². The van der Waals surface area contributed by atoms with Gasteiger partial charge in [0.2, 0.25) is 0 Å². The van der Waals surface area contributed by atoms with Gasteiger partial charge in [-0.05, 0) is 55.4 Å². The molecule has 0 amide bonds. The first-order chi connectivity index (χ1) is 12.9. The van der Waals surface area contributed by atoms with Gasteiger partial charge in [0, 0.05) is 11.7 Å². The Morgan fingerprint density at radius 3 is 2.52 bits per heavy atom. The fraction of sp³-hybridized carbons (Fsp3) is 0.316. The summed E-state index contributed by atoms with van der Waals surface area (Å²) in [5.74, 6) is -0.631. The molecule has 0 atom stereocenters. The Labute approximate surface area is 164 Å². The van der Waals surface area contributed by atoms with E-state index in [1.807, 2.05) is 0 Å². The molecule has 27 heavy (non-hydrogen) atoms. The maximum absolute atomic E-state index is 13.7. The van der Waals surface area contributed by atoms with Crippen LogP contribution in [0.3, 0.4) is 0 Å². The van der Waals surface area contributed by atoms with Crippen LogP contribution in [0.15, 0.2) is 53.4 Å². The third kappa shape index (κ3) is 5.40. The fourth-order valence-electron chi connectivity index (χ4n) is 3.09. The normalized spacial score (nSPS) is 15.1. The molecule has 0 radical (unpaired) electrons. The van der Waals surface area contributed by atoms with Crippen molar-refractivity contribution >= 4 is 38.7 Å². The second-order valence-corrected chi connectivity index (χ2v) is 8.64. The number of halogens is 1. The molecule has 0 unspecified atom stereocenters. The summed E-state index contributed by atoms with van der Waals surface area (Å²) in [5, 5.41) is 6.78. The van der Waals surface area contributed by atoms with Gasteiger partial charge in [0.05, 0.1) is 10.6 Å². The predicted octanol–water partition coefficient (Wildman–Crippen LogP) is 4.25.